The summed E-state index contributed by atoms with van der Waals surface area (Å²) in [6.07, 6.45) is 4.63. The van der Waals surface area contributed by atoms with E-state index in [1.807, 2.05) is 0 Å². The summed E-state index contributed by atoms with van der Waals surface area (Å²) in [7, 11) is 0. The molecule has 18 heavy (non-hydrogen) atoms. The van der Waals surface area contributed by atoms with Crippen molar-refractivity contribution in [1.82, 2.24) is 4.90 Å². The topological polar surface area (TPSA) is 49.8 Å². The van der Waals surface area contributed by atoms with Crippen molar-refractivity contribution in [2.75, 3.05) is 26.3 Å². The van der Waals surface area contributed by atoms with Gasteiger partial charge in [0.05, 0.1) is 19.6 Å². The van der Waals surface area contributed by atoms with Gasteiger partial charge in [0.15, 0.2) is 0 Å². The lowest BCUT2D eigenvalue weighted by molar-refractivity contribution is -0.144. The van der Waals surface area contributed by atoms with Crippen molar-refractivity contribution in [3.8, 4) is 0 Å². The Bertz CT molecular complexity index is 310. The fourth-order valence-electron chi connectivity index (χ4n) is 3.82. The molecular weight excluding hydrogens is 230 g/mol. The molecule has 0 aromatic rings. The summed E-state index contributed by atoms with van der Waals surface area (Å²) in [6, 6.07) is 0. The van der Waals surface area contributed by atoms with Gasteiger partial charge in [-0.25, -0.2) is 0 Å². The Morgan fingerprint density at radius 2 is 1.94 bits per heavy atom. The van der Waals surface area contributed by atoms with Crippen LogP contribution in [-0.4, -0.2) is 47.8 Å². The number of hydrogen-bond donors (Lipinski definition) is 1. The van der Waals surface area contributed by atoms with Gasteiger partial charge in [0, 0.05) is 18.6 Å². The Morgan fingerprint density at radius 1 is 1.28 bits per heavy atom. The molecule has 1 unspecified atom stereocenters. The monoisotopic (exact) mass is 255 g/mol. The molecule has 0 amide bonds. The molecule has 4 nitrogen and oxygen atoms in total. The van der Waals surface area contributed by atoms with Crippen LogP contribution in [0.15, 0.2) is 0 Å². The van der Waals surface area contributed by atoms with E-state index in [-0.39, 0.29) is 17.4 Å². The van der Waals surface area contributed by atoms with Gasteiger partial charge in [-0.3, -0.25) is 9.69 Å². The van der Waals surface area contributed by atoms with Gasteiger partial charge in [0.1, 0.15) is 0 Å². The van der Waals surface area contributed by atoms with Crippen LogP contribution >= 0.6 is 0 Å². The van der Waals surface area contributed by atoms with E-state index in [1.165, 1.54) is 6.42 Å². The molecule has 2 rings (SSSR count). The molecular formula is C14H25NO3. The SMILES string of the molecule is CC1(C)CCCC(CC(=O)O)(N2CCOCC2)C1. The Labute approximate surface area is 109 Å². The number of carbonyl (C=O) groups is 1. The van der Waals surface area contributed by atoms with E-state index in [4.69, 9.17) is 4.74 Å². The number of aliphatic carboxylic acids is 1. The molecule has 1 saturated carbocycles. The molecule has 0 radical (unpaired) electrons. The van der Waals surface area contributed by atoms with Crippen molar-refractivity contribution in [3.63, 3.8) is 0 Å². The first-order chi connectivity index (χ1) is 8.44. The van der Waals surface area contributed by atoms with Gasteiger partial charge in [-0.2, -0.15) is 0 Å². The fourth-order valence-corrected chi connectivity index (χ4v) is 3.82. The third-order valence-corrected chi connectivity index (χ3v) is 4.47. The van der Waals surface area contributed by atoms with E-state index in [0.29, 0.717) is 0 Å². The molecule has 104 valence electrons. The molecule has 1 saturated heterocycles. The lowest BCUT2D eigenvalue weighted by Crippen LogP contribution is -2.57. The predicted octanol–water partition coefficient (Wildman–Crippen LogP) is 2.13. The number of morpholine rings is 1. The first kappa shape index (κ1) is 13.8. The second-order valence-corrected chi connectivity index (χ2v) is 6.59. The van der Waals surface area contributed by atoms with E-state index in [2.05, 4.69) is 18.7 Å². The first-order valence-electron chi connectivity index (χ1n) is 6.98. The normalized spacial score (nSPS) is 33.2. The molecule has 1 heterocycles. The largest absolute Gasteiger partial charge is 0.481 e. The summed E-state index contributed by atoms with van der Waals surface area (Å²) in [5.41, 5.74) is 0.114. The third-order valence-electron chi connectivity index (χ3n) is 4.47. The first-order valence-corrected chi connectivity index (χ1v) is 6.98. The minimum atomic E-state index is -0.667. The summed E-state index contributed by atoms with van der Waals surface area (Å²) >= 11 is 0. The zero-order valence-corrected chi connectivity index (χ0v) is 11.6. The van der Waals surface area contributed by atoms with Gasteiger partial charge >= 0.3 is 5.97 Å². The molecule has 0 spiro atoms. The van der Waals surface area contributed by atoms with Crippen molar-refractivity contribution in [1.29, 1.82) is 0 Å². The molecule has 1 aliphatic carbocycles. The minimum absolute atomic E-state index is 0.142. The van der Waals surface area contributed by atoms with Gasteiger partial charge in [-0.05, 0) is 24.7 Å². The molecule has 4 heteroatoms. The van der Waals surface area contributed by atoms with Crippen LogP contribution in [0.5, 0.6) is 0 Å². The average molecular weight is 255 g/mol. The van der Waals surface area contributed by atoms with Crippen molar-refractivity contribution < 1.29 is 14.6 Å². The molecule has 0 bridgehead atoms. The van der Waals surface area contributed by atoms with Crippen LogP contribution in [0.1, 0.15) is 46.0 Å². The summed E-state index contributed by atoms with van der Waals surface area (Å²) in [5.74, 6) is -0.667. The van der Waals surface area contributed by atoms with Crippen LogP contribution in [0.3, 0.4) is 0 Å². The second-order valence-electron chi connectivity index (χ2n) is 6.59. The van der Waals surface area contributed by atoms with Crippen LogP contribution in [0.4, 0.5) is 0 Å². The van der Waals surface area contributed by atoms with Crippen molar-refractivity contribution >= 4 is 5.97 Å². The molecule has 1 aliphatic heterocycles. The van der Waals surface area contributed by atoms with Crippen LogP contribution in [0, 0.1) is 5.41 Å². The highest BCUT2D eigenvalue weighted by Gasteiger charge is 2.45. The van der Waals surface area contributed by atoms with Crippen molar-refractivity contribution in [2.45, 2.75) is 51.5 Å². The predicted molar refractivity (Wildman–Crippen MR) is 69.6 cm³/mol. The highest BCUT2D eigenvalue weighted by atomic mass is 16.5. The van der Waals surface area contributed by atoms with E-state index >= 15 is 0 Å². The number of carboxylic acid groups (broad SMARTS) is 1. The van der Waals surface area contributed by atoms with Gasteiger partial charge < -0.3 is 9.84 Å². The van der Waals surface area contributed by atoms with E-state index in [0.717, 1.165) is 45.6 Å². The Morgan fingerprint density at radius 3 is 2.50 bits per heavy atom. The van der Waals surface area contributed by atoms with Gasteiger partial charge in [0.2, 0.25) is 0 Å². The summed E-state index contributed by atoms with van der Waals surface area (Å²) < 4.78 is 5.40. The zero-order chi connectivity index (χ0) is 13.2. The summed E-state index contributed by atoms with van der Waals surface area (Å²) in [4.78, 5) is 13.6. The molecule has 0 aromatic carbocycles. The quantitative estimate of drug-likeness (QED) is 0.839. The number of ether oxygens (including phenoxy) is 1. The summed E-state index contributed by atoms with van der Waals surface area (Å²) in [6.45, 7) is 7.77. The molecule has 2 aliphatic rings. The highest BCUT2D eigenvalue weighted by Crippen LogP contribution is 2.45. The van der Waals surface area contributed by atoms with Gasteiger partial charge in [-0.15, -0.1) is 0 Å². The number of nitrogens with zero attached hydrogens (tertiary/aromatic N) is 1. The van der Waals surface area contributed by atoms with Gasteiger partial charge in [-0.1, -0.05) is 20.3 Å². The van der Waals surface area contributed by atoms with Crippen LogP contribution in [0.25, 0.3) is 0 Å². The van der Waals surface area contributed by atoms with Crippen LogP contribution in [-0.2, 0) is 9.53 Å². The average Bonchev–Trinajstić information content (AvgIpc) is 2.28. The standard InChI is InChI=1S/C14H25NO3/c1-13(2)4-3-5-14(11-13,10-12(16)17)15-6-8-18-9-7-15/h3-11H2,1-2H3,(H,16,17). The Balaban J connectivity index is 2.18. The highest BCUT2D eigenvalue weighted by molar-refractivity contribution is 5.68. The summed E-state index contributed by atoms with van der Waals surface area (Å²) in [5, 5.41) is 9.27. The maximum Gasteiger partial charge on any atom is 0.305 e. The smallest absolute Gasteiger partial charge is 0.305 e. The van der Waals surface area contributed by atoms with Gasteiger partial charge in [0.25, 0.3) is 0 Å². The zero-order valence-electron chi connectivity index (χ0n) is 11.6. The number of rotatable bonds is 3. The second kappa shape index (κ2) is 5.17. The van der Waals surface area contributed by atoms with E-state index < -0.39 is 5.97 Å². The Kier molecular flexibility index (Phi) is 3.97. The van der Waals surface area contributed by atoms with E-state index in [1.54, 1.807) is 0 Å². The van der Waals surface area contributed by atoms with Crippen LogP contribution < -0.4 is 0 Å². The molecule has 2 fully saturated rings. The third kappa shape index (κ3) is 3.04. The number of carboxylic acids is 1. The molecule has 0 aromatic heterocycles. The number of hydrogen-bond acceptors (Lipinski definition) is 3. The van der Waals surface area contributed by atoms with Crippen LogP contribution in [0.2, 0.25) is 0 Å². The Hall–Kier alpha value is -0.610. The minimum Gasteiger partial charge on any atom is -0.481 e. The lowest BCUT2D eigenvalue weighted by atomic mass is 9.66. The lowest BCUT2D eigenvalue weighted by Gasteiger charge is -2.51. The maximum atomic E-state index is 11.3. The molecule has 1 atom stereocenters. The maximum absolute atomic E-state index is 11.3. The molecule has 1 N–H and O–H groups in total. The van der Waals surface area contributed by atoms with Crippen molar-refractivity contribution in [3.05, 3.63) is 0 Å². The van der Waals surface area contributed by atoms with Crippen molar-refractivity contribution in [2.24, 2.45) is 5.41 Å². The van der Waals surface area contributed by atoms with E-state index in [9.17, 15) is 9.90 Å². The fraction of sp³-hybridized carbons (Fsp3) is 0.929.